The van der Waals surface area contributed by atoms with E-state index in [1.54, 1.807) is 30.5 Å². The maximum absolute atomic E-state index is 11.8. The van der Waals surface area contributed by atoms with Crippen molar-refractivity contribution in [1.29, 1.82) is 0 Å². The van der Waals surface area contributed by atoms with E-state index in [-0.39, 0.29) is 4.90 Å². The lowest BCUT2D eigenvalue weighted by molar-refractivity contribution is 0.602. The lowest BCUT2D eigenvalue weighted by Gasteiger charge is -2.12. The Bertz CT molecular complexity index is 1130. The summed E-state index contributed by atoms with van der Waals surface area (Å²) in [7, 11) is -3.27. The molecule has 2 heterocycles. The van der Waals surface area contributed by atoms with Gasteiger partial charge in [0.25, 0.3) is 0 Å². The zero-order chi connectivity index (χ0) is 19.0. The summed E-state index contributed by atoms with van der Waals surface area (Å²) in [5.41, 5.74) is 6.22. The summed E-state index contributed by atoms with van der Waals surface area (Å²) in [6, 6.07) is 12.7. The molecule has 3 aromatic rings. The van der Waals surface area contributed by atoms with Crippen LogP contribution in [0.5, 0.6) is 0 Å². The molecule has 0 saturated heterocycles. The molecule has 0 aliphatic carbocycles. The van der Waals surface area contributed by atoms with Gasteiger partial charge in [-0.05, 0) is 54.8 Å². The Labute approximate surface area is 158 Å². The Morgan fingerprint density at radius 3 is 2.81 bits per heavy atom. The predicted molar refractivity (Wildman–Crippen MR) is 107 cm³/mol. The second-order valence-electron chi connectivity index (χ2n) is 6.65. The molecule has 6 nitrogen and oxygen atoms in total. The number of fused-ring (bicyclic) bond motifs is 1. The minimum Gasteiger partial charge on any atom is -0.384 e. The van der Waals surface area contributed by atoms with Gasteiger partial charge in [0, 0.05) is 35.9 Å². The van der Waals surface area contributed by atoms with E-state index in [0.717, 1.165) is 29.9 Å². The Balaban J connectivity index is 1.70. The number of aryl methyl sites for hydroxylation is 1. The number of nitrogens with one attached hydrogen (secondary N) is 2. The molecule has 7 heteroatoms. The topological polar surface area (TPSA) is 84.0 Å². The first-order valence-electron chi connectivity index (χ1n) is 8.69. The third kappa shape index (κ3) is 3.50. The Morgan fingerprint density at radius 1 is 1.15 bits per heavy atom. The van der Waals surface area contributed by atoms with Crippen LogP contribution in [0.25, 0.3) is 11.3 Å². The van der Waals surface area contributed by atoms with Crippen molar-refractivity contribution in [3.63, 3.8) is 0 Å². The van der Waals surface area contributed by atoms with Crippen molar-refractivity contribution in [2.24, 2.45) is 0 Å². The quantitative estimate of drug-likeness (QED) is 0.720. The van der Waals surface area contributed by atoms with Crippen LogP contribution in [0, 0.1) is 6.92 Å². The van der Waals surface area contributed by atoms with Crippen LogP contribution < -0.4 is 10.6 Å². The van der Waals surface area contributed by atoms with Crippen molar-refractivity contribution in [3.05, 3.63) is 59.8 Å². The number of hydrogen-bond donors (Lipinski definition) is 2. The van der Waals surface area contributed by atoms with Crippen molar-refractivity contribution in [1.82, 2.24) is 9.97 Å². The van der Waals surface area contributed by atoms with Crippen molar-refractivity contribution in [2.45, 2.75) is 18.2 Å². The third-order valence-electron chi connectivity index (χ3n) is 4.64. The first-order chi connectivity index (χ1) is 12.9. The molecular weight excluding hydrogens is 360 g/mol. The van der Waals surface area contributed by atoms with Gasteiger partial charge in [0.15, 0.2) is 9.84 Å². The highest BCUT2D eigenvalue weighted by atomic mass is 32.2. The molecule has 0 amide bonds. The maximum Gasteiger partial charge on any atom is 0.227 e. The van der Waals surface area contributed by atoms with Crippen LogP contribution in [0.2, 0.25) is 0 Å². The van der Waals surface area contributed by atoms with Crippen molar-refractivity contribution in [2.75, 3.05) is 23.4 Å². The molecule has 0 radical (unpaired) electrons. The normalized spacial score (nSPS) is 13.1. The van der Waals surface area contributed by atoms with E-state index < -0.39 is 9.84 Å². The zero-order valence-electron chi connectivity index (χ0n) is 15.2. The fraction of sp³-hybridized carbons (Fsp3) is 0.200. The van der Waals surface area contributed by atoms with E-state index in [4.69, 9.17) is 0 Å². The van der Waals surface area contributed by atoms with Crippen LogP contribution in [-0.2, 0) is 16.3 Å². The SMILES string of the molecule is Cc1ccc2c(c1-c1ccnc(Nc3cccc(S(C)(=O)=O)c3)n1)CCN2. The lowest BCUT2D eigenvalue weighted by Crippen LogP contribution is -2.02. The van der Waals surface area contributed by atoms with Crippen LogP contribution >= 0.6 is 0 Å². The van der Waals surface area contributed by atoms with Gasteiger partial charge in [-0.3, -0.25) is 0 Å². The molecule has 1 aromatic heterocycles. The average Bonchev–Trinajstić information content (AvgIpc) is 3.10. The second-order valence-corrected chi connectivity index (χ2v) is 8.67. The molecule has 1 aliphatic heterocycles. The smallest absolute Gasteiger partial charge is 0.227 e. The van der Waals surface area contributed by atoms with Gasteiger partial charge >= 0.3 is 0 Å². The molecular formula is C20H20N4O2S. The van der Waals surface area contributed by atoms with E-state index in [1.165, 1.54) is 17.4 Å². The number of benzene rings is 2. The van der Waals surface area contributed by atoms with Crippen molar-refractivity contribution >= 4 is 27.2 Å². The number of sulfone groups is 1. The zero-order valence-corrected chi connectivity index (χ0v) is 16.0. The molecule has 138 valence electrons. The van der Waals surface area contributed by atoms with E-state index in [2.05, 4.69) is 39.7 Å². The van der Waals surface area contributed by atoms with Crippen molar-refractivity contribution in [3.8, 4) is 11.3 Å². The van der Waals surface area contributed by atoms with Gasteiger partial charge in [-0.25, -0.2) is 18.4 Å². The largest absolute Gasteiger partial charge is 0.384 e. The minimum atomic E-state index is -3.27. The third-order valence-corrected chi connectivity index (χ3v) is 5.75. The summed E-state index contributed by atoms with van der Waals surface area (Å²) in [6.07, 6.45) is 3.87. The molecule has 1 aliphatic rings. The lowest BCUT2D eigenvalue weighted by atomic mass is 9.97. The molecule has 0 atom stereocenters. The number of anilines is 3. The van der Waals surface area contributed by atoms with Crippen LogP contribution in [0.15, 0.2) is 53.6 Å². The Kier molecular flexibility index (Phi) is 4.31. The number of hydrogen-bond acceptors (Lipinski definition) is 6. The molecule has 0 spiro atoms. The fourth-order valence-electron chi connectivity index (χ4n) is 3.36. The first kappa shape index (κ1) is 17.5. The maximum atomic E-state index is 11.8. The highest BCUT2D eigenvalue weighted by molar-refractivity contribution is 7.90. The summed E-state index contributed by atoms with van der Waals surface area (Å²) < 4.78 is 23.5. The molecule has 0 fully saturated rings. The molecule has 27 heavy (non-hydrogen) atoms. The van der Waals surface area contributed by atoms with E-state index >= 15 is 0 Å². The van der Waals surface area contributed by atoms with Gasteiger partial charge in [-0.2, -0.15) is 0 Å². The minimum absolute atomic E-state index is 0.256. The molecule has 2 N–H and O–H groups in total. The van der Waals surface area contributed by atoms with Gasteiger partial charge in [0.2, 0.25) is 5.95 Å². The molecule has 0 saturated carbocycles. The van der Waals surface area contributed by atoms with Crippen molar-refractivity contribution < 1.29 is 8.42 Å². The summed E-state index contributed by atoms with van der Waals surface area (Å²) in [4.78, 5) is 9.21. The summed E-state index contributed by atoms with van der Waals surface area (Å²) in [5.74, 6) is 0.432. The van der Waals surface area contributed by atoms with Crippen LogP contribution in [0.3, 0.4) is 0 Å². The van der Waals surface area contributed by atoms with E-state index in [9.17, 15) is 8.42 Å². The number of rotatable bonds is 4. The average molecular weight is 380 g/mol. The van der Waals surface area contributed by atoms with Crippen LogP contribution in [-0.4, -0.2) is 31.2 Å². The summed E-state index contributed by atoms with van der Waals surface area (Å²) in [5, 5.41) is 6.51. The van der Waals surface area contributed by atoms with Gasteiger partial charge in [0.05, 0.1) is 10.6 Å². The molecule has 0 unspecified atom stereocenters. The van der Waals surface area contributed by atoms with Gasteiger partial charge in [-0.1, -0.05) is 12.1 Å². The monoisotopic (exact) mass is 380 g/mol. The highest BCUT2D eigenvalue weighted by Crippen LogP contribution is 2.35. The number of nitrogens with zero attached hydrogens (tertiary/aromatic N) is 2. The Morgan fingerprint density at radius 2 is 2.00 bits per heavy atom. The van der Waals surface area contributed by atoms with Crippen LogP contribution in [0.1, 0.15) is 11.1 Å². The van der Waals surface area contributed by atoms with Crippen LogP contribution in [0.4, 0.5) is 17.3 Å². The molecule has 2 aromatic carbocycles. The second kappa shape index (κ2) is 6.66. The van der Waals surface area contributed by atoms with Gasteiger partial charge < -0.3 is 10.6 Å². The molecule has 0 bridgehead atoms. The standard InChI is InChI=1S/C20H20N4O2S/c1-13-6-7-17-16(8-10-21-17)19(13)18-9-11-22-20(24-18)23-14-4-3-5-15(12-14)27(2,25)26/h3-7,9,11-12,21H,8,10H2,1-2H3,(H,22,23,24). The van der Waals surface area contributed by atoms with E-state index in [1.807, 2.05) is 6.07 Å². The van der Waals surface area contributed by atoms with Gasteiger partial charge in [0.1, 0.15) is 0 Å². The molecule has 4 rings (SSSR count). The predicted octanol–water partition coefficient (Wildman–Crippen LogP) is 3.57. The summed E-state index contributed by atoms with van der Waals surface area (Å²) >= 11 is 0. The fourth-order valence-corrected chi connectivity index (χ4v) is 4.03. The summed E-state index contributed by atoms with van der Waals surface area (Å²) in [6.45, 7) is 3.01. The van der Waals surface area contributed by atoms with E-state index in [0.29, 0.717) is 11.6 Å². The highest BCUT2D eigenvalue weighted by Gasteiger charge is 2.18. The van der Waals surface area contributed by atoms with Gasteiger partial charge in [-0.15, -0.1) is 0 Å². The Hall–Kier alpha value is -2.93. The number of aromatic nitrogens is 2. The first-order valence-corrected chi connectivity index (χ1v) is 10.6.